The first-order valence-corrected chi connectivity index (χ1v) is 8.16. The molecule has 2 aromatic rings. The van der Waals surface area contributed by atoms with E-state index in [1.165, 1.54) is 20.2 Å². The van der Waals surface area contributed by atoms with Gasteiger partial charge in [0.25, 0.3) is 6.43 Å². The lowest BCUT2D eigenvalue weighted by atomic mass is 10.0. The zero-order valence-corrected chi connectivity index (χ0v) is 16.0. The third-order valence-electron chi connectivity index (χ3n) is 3.20. The zero-order valence-electron chi connectivity index (χ0n) is 16.0. The lowest BCUT2D eigenvalue weighted by molar-refractivity contribution is 0.111. The van der Waals surface area contributed by atoms with Gasteiger partial charge in [0.1, 0.15) is 30.2 Å². The second-order valence-corrected chi connectivity index (χ2v) is 5.01. The quantitative estimate of drug-likeness (QED) is 0.367. The van der Waals surface area contributed by atoms with Crippen LogP contribution in [0.1, 0.15) is 47.6 Å². The largest absolute Gasteiger partial charge is 0.398 e. The molecule has 150 valence electrons. The first-order chi connectivity index (χ1) is 12.8. The van der Waals surface area contributed by atoms with Gasteiger partial charge in [-0.3, -0.25) is 9.48 Å². The molecule has 1 aromatic heterocycles. The number of nitrogens with zero attached hydrogens (tertiary/aromatic N) is 3. The maximum absolute atomic E-state index is 13.3. The topological polar surface area (TPSA) is 82.5 Å². The molecule has 0 saturated heterocycles. The molecule has 0 aliphatic carbocycles. The van der Waals surface area contributed by atoms with E-state index < -0.39 is 6.43 Å². The van der Waals surface area contributed by atoms with Crippen molar-refractivity contribution in [1.29, 1.82) is 0 Å². The Morgan fingerprint density at radius 1 is 1.41 bits per heavy atom. The van der Waals surface area contributed by atoms with Crippen LogP contribution in [0, 0.1) is 12.7 Å². The molecule has 1 heterocycles. The molecule has 0 radical (unpaired) electrons. The standard InChI is InChI=1S/C10H13FN2O.C6H6F2N2O.C2H6/c1-7-4-3-5-9(11)8(7)6-10(12)13-14-2;1-10-5(6(7)8)2-4(3-11)9-10;1-2/h3-5H,6H2,1-2H3,(H2,12,13);2-3,6H,1H3;1-2H3. The van der Waals surface area contributed by atoms with E-state index in [1.54, 1.807) is 6.07 Å². The fraction of sp³-hybridized carbons (Fsp3) is 0.389. The molecule has 0 saturated carbocycles. The lowest BCUT2D eigenvalue weighted by Crippen LogP contribution is -2.16. The SMILES string of the molecule is CC.CO/N=C(\N)Cc1c(C)cccc1F.Cn1nc(C=O)cc1C(F)F. The fourth-order valence-electron chi connectivity index (χ4n) is 1.99. The summed E-state index contributed by atoms with van der Waals surface area (Å²) in [6, 6.07) is 5.97. The smallest absolute Gasteiger partial charge is 0.280 e. The van der Waals surface area contributed by atoms with Crippen LogP contribution < -0.4 is 5.73 Å². The normalized spacial score (nSPS) is 10.5. The molecule has 0 aliphatic heterocycles. The number of rotatable bonds is 5. The van der Waals surface area contributed by atoms with Crippen LogP contribution in [-0.2, 0) is 18.3 Å². The summed E-state index contributed by atoms with van der Waals surface area (Å²) in [7, 11) is 2.77. The highest BCUT2D eigenvalue weighted by Gasteiger charge is 2.13. The highest BCUT2D eigenvalue weighted by molar-refractivity contribution is 5.82. The third-order valence-corrected chi connectivity index (χ3v) is 3.20. The Labute approximate surface area is 156 Å². The Balaban J connectivity index is 0.000000469. The van der Waals surface area contributed by atoms with E-state index in [2.05, 4.69) is 15.1 Å². The van der Waals surface area contributed by atoms with Crippen molar-refractivity contribution in [3.05, 3.63) is 52.6 Å². The molecule has 0 unspecified atom stereocenters. The van der Waals surface area contributed by atoms with Gasteiger partial charge in [0, 0.05) is 13.5 Å². The number of nitrogens with two attached hydrogens (primary N) is 1. The summed E-state index contributed by atoms with van der Waals surface area (Å²) in [5, 5.41) is 7.05. The first kappa shape index (κ1) is 24.2. The number of benzene rings is 1. The molecule has 1 aromatic carbocycles. The highest BCUT2D eigenvalue weighted by atomic mass is 19.3. The second kappa shape index (κ2) is 12.5. The number of amidine groups is 1. The fourth-order valence-corrected chi connectivity index (χ4v) is 1.99. The van der Waals surface area contributed by atoms with E-state index in [9.17, 15) is 18.0 Å². The molecule has 27 heavy (non-hydrogen) atoms. The predicted octanol–water partition coefficient (Wildman–Crippen LogP) is 3.79. The van der Waals surface area contributed by atoms with Gasteiger partial charge in [-0.05, 0) is 30.2 Å². The number of halogens is 3. The van der Waals surface area contributed by atoms with Crippen molar-refractivity contribution in [3.63, 3.8) is 0 Å². The zero-order chi connectivity index (χ0) is 21.0. The molecular formula is C18H25F3N4O2. The Kier molecular flexibility index (Phi) is 11.2. The summed E-state index contributed by atoms with van der Waals surface area (Å²) in [5.41, 5.74) is 6.72. The number of carbonyl (C=O) groups excluding carboxylic acids is 1. The number of alkyl halides is 2. The summed E-state index contributed by atoms with van der Waals surface area (Å²) in [4.78, 5) is 14.6. The lowest BCUT2D eigenvalue weighted by Gasteiger charge is -2.05. The van der Waals surface area contributed by atoms with Gasteiger partial charge >= 0.3 is 0 Å². The summed E-state index contributed by atoms with van der Waals surface area (Å²) < 4.78 is 38.3. The molecule has 6 nitrogen and oxygen atoms in total. The molecule has 2 rings (SSSR count). The van der Waals surface area contributed by atoms with Gasteiger partial charge in [0.05, 0.1) is 0 Å². The first-order valence-electron chi connectivity index (χ1n) is 8.16. The Bertz CT molecular complexity index is 726. The van der Waals surface area contributed by atoms with Crippen LogP contribution in [0.2, 0.25) is 0 Å². The van der Waals surface area contributed by atoms with Crippen LogP contribution in [-0.4, -0.2) is 29.0 Å². The van der Waals surface area contributed by atoms with E-state index in [1.807, 2.05) is 26.8 Å². The number of oxime groups is 1. The maximum atomic E-state index is 13.3. The molecule has 0 aliphatic rings. The van der Waals surface area contributed by atoms with Crippen molar-refractivity contribution in [1.82, 2.24) is 9.78 Å². The second-order valence-electron chi connectivity index (χ2n) is 5.01. The van der Waals surface area contributed by atoms with Crippen LogP contribution >= 0.6 is 0 Å². The number of aromatic nitrogens is 2. The van der Waals surface area contributed by atoms with Crippen molar-refractivity contribution in [2.75, 3.05) is 7.11 Å². The van der Waals surface area contributed by atoms with Gasteiger partial charge in [-0.2, -0.15) is 5.10 Å². The average molecular weight is 386 g/mol. The molecule has 9 heteroatoms. The van der Waals surface area contributed by atoms with Gasteiger partial charge < -0.3 is 10.6 Å². The Hall–Kier alpha value is -2.84. The molecule has 0 amide bonds. The monoisotopic (exact) mass is 386 g/mol. The Morgan fingerprint density at radius 3 is 2.44 bits per heavy atom. The van der Waals surface area contributed by atoms with Crippen LogP contribution in [0.5, 0.6) is 0 Å². The van der Waals surface area contributed by atoms with E-state index in [-0.39, 0.29) is 29.5 Å². The van der Waals surface area contributed by atoms with Gasteiger partial charge in [-0.1, -0.05) is 31.1 Å². The summed E-state index contributed by atoms with van der Waals surface area (Å²) in [6.45, 7) is 5.83. The Morgan fingerprint density at radius 2 is 2.04 bits per heavy atom. The minimum Gasteiger partial charge on any atom is -0.398 e. The third kappa shape index (κ3) is 7.93. The molecule has 0 fully saturated rings. The van der Waals surface area contributed by atoms with Gasteiger partial charge in [0.15, 0.2) is 6.29 Å². The molecule has 0 spiro atoms. The summed E-state index contributed by atoms with van der Waals surface area (Å²) >= 11 is 0. The summed E-state index contributed by atoms with van der Waals surface area (Å²) in [5.74, 6) is -0.0000435. The van der Waals surface area contributed by atoms with E-state index in [0.717, 1.165) is 16.3 Å². The van der Waals surface area contributed by atoms with Crippen molar-refractivity contribution < 1.29 is 22.8 Å². The predicted molar refractivity (Wildman–Crippen MR) is 98.4 cm³/mol. The molecule has 0 atom stereocenters. The van der Waals surface area contributed by atoms with Crippen molar-refractivity contribution in [2.45, 2.75) is 33.6 Å². The summed E-state index contributed by atoms with van der Waals surface area (Å²) in [6.07, 6.45) is -1.88. The van der Waals surface area contributed by atoms with Crippen LogP contribution in [0.25, 0.3) is 0 Å². The van der Waals surface area contributed by atoms with E-state index in [4.69, 9.17) is 5.73 Å². The molecular weight excluding hydrogens is 361 g/mol. The van der Waals surface area contributed by atoms with Gasteiger partial charge in [-0.15, -0.1) is 0 Å². The van der Waals surface area contributed by atoms with Gasteiger partial charge in [-0.25, -0.2) is 13.2 Å². The van der Waals surface area contributed by atoms with Crippen LogP contribution in [0.3, 0.4) is 0 Å². The molecule has 0 bridgehead atoms. The van der Waals surface area contributed by atoms with Crippen LogP contribution in [0.15, 0.2) is 29.4 Å². The number of carbonyl (C=O) groups is 1. The number of hydrogen-bond acceptors (Lipinski definition) is 4. The molecule has 2 N–H and O–H groups in total. The number of aldehydes is 1. The highest BCUT2D eigenvalue weighted by Crippen LogP contribution is 2.17. The minimum absolute atomic E-state index is 0.0304. The van der Waals surface area contributed by atoms with Gasteiger partial charge in [0.2, 0.25) is 0 Å². The van der Waals surface area contributed by atoms with E-state index in [0.29, 0.717) is 11.8 Å². The van der Waals surface area contributed by atoms with Crippen molar-refractivity contribution in [3.8, 4) is 0 Å². The van der Waals surface area contributed by atoms with Crippen LogP contribution in [0.4, 0.5) is 13.2 Å². The van der Waals surface area contributed by atoms with Crippen molar-refractivity contribution in [2.24, 2.45) is 17.9 Å². The minimum atomic E-state index is -2.58. The number of aryl methyl sites for hydroxylation is 2. The van der Waals surface area contributed by atoms with E-state index >= 15 is 0 Å². The number of hydrogen-bond donors (Lipinski definition) is 1. The van der Waals surface area contributed by atoms with Crippen molar-refractivity contribution >= 4 is 12.1 Å². The average Bonchev–Trinajstić information content (AvgIpc) is 3.02. The maximum Gasteiger partial charge on any atom is 0.280 e.